The van der Waals surface area contributed by atoms with Crippen LogP contribution in [0.5, 0.6) is 0 Å². The Morgan fingerprint density at radius 3 is 2.22 bits per heavy atom. The molecule has 4 fully saturated rings. The van der Waals surface area contributed by atoms with Gasteiger partial charge in [0.2, 0.25) is 15.9 Å². The number of rotatable bonds is 5. The number of hydrogen-bond acceptors (Lipinski definition) is 4. The zero-order chi connectivity index (χ0) is 19.4. The molecule has 5 rings (SSSR count). The van der Waals surface area contributed by atoms with Crippen LogP contribution in [0.25, 0.3) is 0 Å². The predicted molar refractivity (Wildman–Crippen MR) is 101 cm³/mol. The Hall–Kier alpha value is -1.67. The molecular weight excluding hydrogens is 366 g/mol. The van der Waals surface area contributed by atoms with Gasteiger partial charge in [0.15, 0.2) is 0 Å². The Morgan fingerprint density at radius 2 is 1.70 bits per heavy atom. The molecule has 4 bridgehead atoms. The van der Waals surface area contributed by atoms with Crippen LogP contribution in [0.1, 0.15) is 38.5 Å². The summed E-state index contributed by atoms with van der Waals surface area (Å²) in [4.78, 5) is 24.9. The van der Waals surface area contributed by atoms with Gasteiger partial charge < -0.3 is 9.88 Å². The molecule has 1 aromatic heterocycles. The molecule has 27 heavy (non-hydrogen) atoms. The van der Waals surface area contributed by atoms with Crippen LogP contribution in [0.3, 0.4) is 0 Å². The topological polar surface area (TPSA) is 88.5 Å². The van der Waals surface area contributed by atoms with Gasteiger partial charge in [0, 0.05) is 31.9 Å². The van der Waals surface area contributed by atoms with Gasteiger partial charge in [-0.3, -0.25) is 9.59 Å². The van der Waals surface area contributed by atoms with Crippen molar-refractivity contribution in [1.82, 2.24) is 14.2 Å². The number of carbonyl (C=O) groups is 1. The van der Waals surface area contributed by atoms with Crippen molar-refractivity contribution in [3.63, 3.8) is 0 Å². The Bertz CT molecular complexity index is 884. The van der Waals surface area contributed by atoms with Crippen molar-refractivity contribution in [2.24, 2.45) is 17.8 Å². The van der Waals surface area contributed by atoms with E-state index in [0.717, 1.165) is 23.6 Å². The van der Waals surface area contributed by atoms with Gasteiger partial charge in [-0.2, -0.15) is 0 Å². The summed E-state index contributed by atoms with van der Waals surface area (Å²) in [5, 5.41) is 3.22. The van der Waals surface area contributed by atoms with E-state index in [-0.39, 0.29) is 28.4 Å². The van der Waals surface area contributed by atoms with Gasteiger partial charge in [0.25, 0.3) is 5.56 Å². The summed E-state index contributed by atoms with van der Waals surface area (Å²) in [6, 6.07) is 2.49. The molecule has 8 heteroatoms. The van der Waals surface area contributed by atoms with Crippen molar-refractivity contribution in [1.29, 1.82) is 0 Å². The summed E-state index contributed by atoms with van der Waals surface area (Å²) in [5.41, 5.74) is -0.503. The first-order valence-corrected chi connectivity index (χ1v) is 11.0. The van der Waals surface area contributed by atoms with E-state index in [4.69, 9.17) is 0 Å². The van der Waals surface area contributed by atoms with Crippen LogP contribution in [-0.2, 0) is 21.4 Å². The largest absolute Gasteiger partial charge is 0.349 e. The van der Waals surface area contributed by atoms with Crippen molar-refractivity contribution in [2.75, 3.05) is 14.1 Å². The Labute approximate surface area is 159 Å². The molecular formula is C19H27N3O4S. The lowest BCUT2D eigenvalue weighted by Crippen LogP contribution is -2.60. The second-order valence-corrected chi connectivity index (χ2v) is 11.0. The molecule has 0 aromatic carbocycles. The molecule has 0 atom stereocenters. The summed E-state index contributed by atoms with van der Waals surface area (Å²) in [6.45, 7) is -0.155. The minimum Gasteiger partial charge on any atom is -0.349 e. The summed E-state index contributed by atoms with van der Waals surface area (Å²) >= 11 is 0. The first-order chi connectivity index (χ1) is 12.7. The summed E-state index contributed by atoms with van der Waals surface area (Å²) < 4.78 is 26.9. The lowest BCUT2D eigenvalue weighted by atomic mass is 9.53. The van der Waals surface area contributed by atoms with Gasteiger partial charge in [0.1, 0.15) is 6.54 Å². The van der Waals surface area contributed by atoms with Gasteiger partial charge >= 0.3 is 0 Å². The molecule has 0 radical (unpaired) electrons. The maximum atomic E-state index is 12.7. The number of pyridine rings is 1. The molecule has 0 aliphatic heterocycles. The van der Waals surface area contributed by atoms with Crippen LogP contribution in [0.15, 0.2) is 28.0 Å². The third-order valence-electron chi connectivity index (χ3n) is 6.49. The molecule has 0 saturated heterocycles. The zero-order valence-electron chi connectivity index (χ0n) is 15.8. The van der Waals surface area contributed by atoms with Gasteiger partial charge in [-0.15, -0.1) is 0 Å². The monoisotopic (exact) mass is 393 g/mol. The van der Waals surface area contributed by atoms with Crippen LogP contribution in [0, 0.1) is 17.8 Å². The van der Waals surface area contributed by atoms with Crippen molar-refractivity contribution in [2.45, 2.75) is 55.5 Å². The fourth-order valence-electron chi connectivity index (χ4n) is 5.75. The van der Waals surface area contributed by atoms with Crippen molar-refractivity contribution in [3.8, 4) is 0 Å². The summed E-state index contributed by atoms with van der Waals surface area (Å²) in [7, 11) is -0.784. The van der Waals surface area contributed by atoms with Gasteiger partial charge in [-0.1, -0.05) is 0 Å². The first-order valence-electron chi connectivity index (χ1n) is 9.61. The Balaban J connectivity index is 1.51. The number of amides is 1. The molecule has 1 N–H and O–H groups in total. The van der Waals surface area contributed by atoms with Gasteiger partial charge in [0.05, 0.1) is 4.90 Å². The molecule has 1 amide bonds. The van der Waals surface area contributed by atoms with E-state index < -0.39 is 10.0 Å². The van der Waals surface area contributed by atoms with E-state index in [2.05, 4.69) is 5.32 Å². The molecule has 148 valence electrons. The van der Waals surface area contributed by atoms with E-state index in [9.17, 15) is 18.0 Å². The third-order valence-corrected chi connectivity index (χ3v) is 8.29. The highest BCUT2D eigenvalue weighted by Crippen LogP contribution is 2.55. The normalized spacial score (nSPS) is 32.0. The molecule has 1 heterocycles. The van der Waals surface area contributed by atoms with Crippen LogP contribution in [0.2, 0.25) is 0 Å². The zero-order valence-corrected chi connectivity index (χ0v) is 16.7. The number of nitrogens with zero attached hydrogens (tertiary/aromatic N) is 2. The Morgan fingerprint density at radius 1 is 1.15 bits per heavy atom. The van der Waals surface area contributed by atoms with E-state index in [0.29, 0.717) is 17.8 Å². The SMILES string of the molecule is CN(C)S(=O)(=O)c1ccc(=O)n(CC(=O)NC23CC4CC(CC(C4)C2)C3)c1. The smallest absolute Gasteiger partial charge is 0.251 e. The minimum absolute atomic E-state index is 0.00899. The number of hydrogen-bond donors (Lipinski definition) is 1. The lowest BCUT2D eigenvalue weighted by Gasteiger charge is -2.56. The molecule has 4 saturated carbocycles. The fraction of sp³-hybridized carbons (Fsp3) is 0.684. The quantitative estimate of drug-likeness (QED) is 0.814. The van der Waals surface area contributed by atoms with Crippen molar-refractivity contribution < 1.29 is 13.2 Å². The fourth-order valence-corrected chi connectivity index (χ4v) is 6.67. The second kappa shape index (κ2) is 6.44. The maximum Gasteiger partial charge on any atom is 0.251 e. The average Bonchev–Trinajstić information content (AvgIpc) is 2.54. The number of sulfonamides is 1. The molecule has 0 unspecified atom stereocenters. The number of aromatic nitrogens is 1. The van der Waals surface area contributed by atoms with Crippen molar-refractivity contribution in [3.05, 3.63) is 28.7 Å². The van der Waals surface area contributed by atoms with Gasteiger partial charge in [-0.25, -0.2) is 12.7 Å². The van der Waals surface area contributed by atoms with E-state index in [1.807, 2.05) is 0 Å². The highest BCUT2D eigenvalue weighted by atomic mass is 32.2. The summed E-state index contributed by atoms with van der Waals surface area (Å²) in [6.07, 6.45) is 8.24. The maximum absolute atomic E-state index is 12.7. The van der Waals surface area contributed by atoms with Crippen LogP contribution in [-0.4, -0.2) is 42.8 Å². The van der Waals surface area contributed by atoms with Crippen LogP contribution >= 0.6 is 0 Å². The number of carbonyl (C=O) groups excluding carboxylic acids is 1. The van der Waals surface area contributed by atoms with E-state index in [1.54, 1.807) is 0 Å². The van der Waals surface area contributed by atoms with Crippen molar-refractivity contribution >= 4 is 15.9 Å². The Kier molecular flexibility index (Phi) is 4.46. The van der Waals surface area contributed by atoms with Gasteiger partial charge in [-0.05, 0) is 62.3 Å². The first kappa shape index (κ1) is 18.7. The molecule has 7 nitrogen and oxygen atoms in total. The highest BCUT2D eigenvalue weighted by molar-refractivity contribution is 7.89. The van der Waals surface area contributed by atoms with E-state index in [1.165, 1.54) is 56.3 Å². The summed E-state index contributed by atoms with van der Waals surface area (Å²) in [5.74, 6) is 1.94. The molecule has 4 aliphatic rings. The molecule has 0 spiro atoms. The average molecular weight is 394 g/mol. The predicted octanol–water partition coefficient (Wildman–Crippen LogP) is 1.18. The van der Waals surface area contributed by atoms with Crippen LogP contribution in [0.4, 0.5) is 0 Å². The lowest BCUT2D eigenvalue weighted by molar-refractivity contribution is -0.127. The standard InChI is InChI=1S/C19H27N3O4S/c1-21(2)27(25,26)16-3-4-18(24)22(11-16)12-17(23)20-19-8-13-5-14(9-19)7-15(6-13)10-19/h3-4,11,13-15H,5-10,12H2,1-2H3,(H,20,23). The molecule has 4 aliphatic carbocycles. The van der Waals surface area contributed by atoms with Crippen LogP contribution < -0.4 is 10.9 Å². The number of nitrogens with one attached hydrogen (secondary N) is 1. The molecule has 1 aromatic rings. The third kappa shape index (κ3) is 3.45. The second-order valence-electron chi connectivity index (χ2n) is 8.86. The van der Waals surface area contributed by atoms with E-state index >= 15 is 0 Å². The minimum atomic E-state index is -3.65. The highest BCUT2D eigenvalue weighted by Gasteiger charge is 2.51.